The zero-order valence-corrected chi connectivity index (χ0v) is 17.0. The summed E-state index contributed by atoms with van der Waals surface area (Å²) in [5, 5.41) is 16.1. The lowest BCUT2D eigenvalue weighted by Crippen LogP contribution is -2.43. The molecule has 1 aliphatic rings. The van der Waals surface area contributed by atoms with Crippen molar-refractivity contribution >= 4 is 17.4 Å². The van der Waals surface area contributed by atoms with E-state index in [0.717, 1.165) is 6.42 Å². The maximum absolute atomic E-state index is 6.05. The van der Waals surface area contributed by atoms with Crippen molar-refractivity contribution in [3.05, 3.63) is 82.1 Å². The highest BCUT2D eigenvalue weighted by atomic mass is 35.5. The maximum Gasteiger partial charge on any atom is 0.178 e. The Kier molecular flexibility index (Phi) is 5.62. The van der Waals surface area contributed by atoms with Crippen LogP contribution < -0.4 is 10.1 Å². The molecular formula is C22H21ClN4O2. The highest BCUT2D eigenvalue weighted by Gasteiger charge is 2.22. The summed E-state index contributed by atoms with van der Waals surface area (Å²) in [5.74, 6) is 1.69. The first-order valence-electron chi connectivity index (χ1n) is 9.35. The van der Waals surface area contributed by atoms with Gasteiger partial charge in [0.2, 0.25) is 0 Å². The Hall–Kier alpha value is -3.12. The average molecular weight is 409 g/mol. The number of hydrogen-bond donors (Lipinski definition) is 1. The normalized spacial score (nSPS) is 15.8. The zero-order valence-electron chi connectivity index (χ0n) is 16.2. The van der Waals surface area contributed by atoms with Crippen LogP contribution in [-0.4, -0.2) is 28.7 Å². The standard InChI is InChI=1S/C22H21ClN4O2/c1-14-6-7-16(15(2)8-14)9-18-13-28-27-22(26-18)20-11-24-25-12-21(20)29-19-5-3-4-17(23)10-19/h3-8,10-12,18H,9,13H2,1-2H3,(H,26,27)/t18-/m1/s1. The molecule has 2 heterocycles. The van der Waals surface area contributed by atoms with Crippen molar-refractivity contribution < 1.29 is 9.57 Å². The van der Waals surface area contributed by atoms with E-state index in [-0.39, 0.29) is 6.04 Å². The van der Waals surface area contributed by atoms with Gasteiger partial charge in [-0.05, 0) is 49.6 Å². The molecule has 0 unspecified atom stereocenters. The van der Waals surface area contributed by atoms with Crippen molar-refractivity contribution in [2.45, 2.75) is 26.3 Å². The van der Waals surface area contributed by atoms with Crippen LogP contribution in [0, 0.1) is 13.8 Å². The molecule has 7 heteroatoms. The third kappa shape index (κ3) is 4.66. The van der Waals surface area contributed by atoms with Crippen LogP contribution in [0.25, 0.3) is 0 Å². The second kappa shape index (κ2) is 8.49. The van der Waals surface area contributed by atoms with Crippen molar-refractivity contribution in [1.82, 2.24) is 15.5 Å². The molecule has 3 aromatic rings. The molecule has 0 fully saturated rings. The number of hydrogen-bond acceptors (Lipinski definition) is 6. The number of nitrogens with one attached hydrogen (secondary N) is 1. The molecule has 148 valence electrons. The Morgan fingerprint density at radius 2 is 2.00 bits per heavy atom. The topological polar surface area (TPSA) is 68.6 Å². The third-order valence-corrected chi connectivity index (χ3v) is 4.94. The van der Waals surface area contributed by atoms with Crippen molar-refractivity contribution in [3.8, 4) is 11.5 Å². The lowest BCUT2D eigenvalue weighted by atomic mass is 9.99. The van der Waals surface area contributed by atoms with Gasteiger partial charge in [0.15, 0.2) is 11.6 Å². The predicted octanol–water partition coefficient (Wildman–Crippen LogP) is 4.43. The number of halogens is 1. The van der Waals surface area contributed by atoms with Gasteiger partial charge in [-0.15, -0.1) is 0 Å². The number of rotatable bonds is 5. The first kappa shape index (κ1) is 19.2. The number of ether oxygens (including phenoxy) is 1. The van der Waals surface area contributed by atoms with Gasteiger partial charge in [0.25, 0.3) is 0 Å². The predicted molar refractivity (Wildman–Crippen MR) is 113 cm³/mol. The molecule has 1 atom stereocenters. The minimum Gasteiger partial charge on any atom is -0.455 e. The largest absolute Gasteiger partial charge is 0.455 e. The van der Waals surface area contributed by atoms with E-state index in [0.29, 0.717) is 34.5 Å². The summed E-state index contributed by atoms with van der Waals surface area (Å²) < 4.78 is 5.97. The van der Waals surface area contributed by atoms with Gasteiger partial charge in [-0.1, -0.05) is 46.6 Å². The van der Waals surface area contributed by atoms with E-state index in [1.807, 2.05) is 12.1 Å². The Morgan fingerprint density at radius 3 is 2.83 bits per heavy atom. The lowest BCUT2D eigenvalue weighted by Gasteiger charge is -2.25. The molecule has 1 aromatic heterocycles. The molecule has 0 radical (unpaired) electrons. The highest BCUT2D eigenvalue weighted by molar-refractivity contribution is 6.30. The highest BCUT2D eigenvalue weighted by Crippen LogP contribution is 2.27. The second-order valence-corrected chi connectivity index (χ2v) is 7.47. The molecular weight excluding hydrogens is 388 g/mol. The molecule has 0 saturated heterocycles. The van der Waals surface area contributed by atoms with E-state index in [1.54, 1.807) is 24.5 Å². The van der Waals surface area contributed by atoms with Gasteiger partial charge in [0, 0.05) is 5.02 Å². The van der Waals surface area contributed by atoms with E-state index < -0.39 is 0 Å². The third-order valence-electron chi connectivity index (χ3n) is 4.71. The van der Waals surface area contributed by atoms with Crippen LogP contribution in [0.5, 0.6) is 11.5 Å². The Labute approximate surface area is 174 Å². The Balaban J connectivity index is 1.53. The molecule has 0 aliphatic carbocycles. The minimum atomic E-state index is 0.0797. The van der Waals surface area contributed by atoms with Gasteiger partial charge in [0.05, 0.1) is 24.0 Å². The van der Waals surface area contributed by atoms with Gasteiger partial charge in [0.1, 0.15) is 12.4 Å². The van der Waals surface area contributed by atoms with Crippen molar-refractivity contribution in [2.75, 3.05) is 6.61 Å². The molecule has 0 spiro atoms. The summed E-state index contributed by atoms with van der Waals surface area (Å²) in [6.45, 7) is 4.71. The molecule has 1 aliphatic heterocycles. The Bertz CT molecular complexity index is 1050. The summed E-state index contributed by atoms with van der Waals surface area (Å²) in [5.41, 5.74) is 4.48. The average Bonchev–Trinajstić information content (AvgIpc) is 2.71. The monoisotopic (exact) mass is 408 g/mol. The summed E-state index contributed by atoms with van der Waals surface area (Å²) >= 11 is 6.05. The Morgan fingerprint density at radius 1 is 1.14 bits per heavy atom. The fourth-order valence-electron chi connectivity index (χ4n) is 3.26. The summed E-state index contributed by atoms with van der Waals surface area (Å²) in [4.78, 5) is 5.51. The molecule has 0 saturated carbocycles. The van der Waals surface area contributed by atoms with Crippen LogP contribution in [0.3, 0.4) is 0 Å². The van der Waals surface area contributed by atoms with Gasteiger partial charge < -0.3 is 14.9 Å². The van der Waals surface area contributed by atoms with E-state index in [4.69, 9.17) is 21.2 Å². The van der Waals surface area contributed by atoms with E-state index in [1.165, 1.54) is 16.7 Å². The molecule has 0 bridgehead atoms. The SMILES string of the molecule is Cc1ccc(C[C@@H]2CON=C(c3cnncc3Oc3cccc(Cl)c3)N2)c(C)c1. The number of nitrogens with zero attached hydrogens (tertiary/aromatic N) is 3. The van der Waals surface area contributed by atoms with Crippen LogP contribution >= 0.6 is 11.6 Å². The molecule has 2 aromatic carbocycles. The minimum absolute atomic E-state index is 0.0797. The fourth-order valence-corrected chi connectivity index (χ4v) is 3.44. The number of aromatic nitrogens is 2. The second-order valence-electron chi connectivity index (χ2n) is 7.04. The molecule has 6 nitrogen and oxygen atoms in total. The van der Waals surface area contributed by atoms with Crippen LogP contribution in [0.1, 0.15) is 22.3 Å². The number of amidine groups is 1. The molecule has 29 heavy (non-hydrogen) atoms. The first-order chi connectivity index (χ1) is 14.1. The first-order valence-corrected chi connectivity index (χ1v) is 9.73. The molecule has 1 N–H and O–H groups in total. The summed E-state index contributed by atoms with van der Waals surface area (Å²) in [6, 6.07) is 13.7. The van der Waals surface area contributed by atoms with E-state index in [9.17, 15) is 0 Å². The number of oxime groups is 1. The van der Waals surface area contributed by atoms with Gasteiger partial charge in [-0.25, -0.2) is 0 Å². The summed E-state index contributed by atoms with van der Waals surface area (Å²) in [6.07, 6.45) is 3.98. The maximum atomic E-state index is 6.05. The smallest absolute Gasteiger partial charge is 0.178 e. The molecule has 4 rings (SSSR count). The van der Waals surface area contributed by atoms with E-state index in [2.05, 4.69) is 52.7 Å². The van der Waals surface area contributed by atoms with Gasteiger partial charge >= 0.3 is 0 Å². The van der Waals surface area contributed by atoms with Crippen LogP contribution in [0.2, 0.25) is 5.02 Å². The van der Waals surface area contributed by atoms with Crippen molar-refractivity contribution in [3.63, 3.8) is 0 Å². The van der Waals surface area contributed by atoms with Gasteiger partial charge in [-0.3, -0.25) is 0 Å². The number of benzene rings is 2. The number of aryl methyl sites for hydroxylation is 2. The van der Waals surface area contributed by atoms with Crippen LogP contribution in [0.4, 0.5) is 0 Å². The van der Waals surface area contributed by atoms with Gasteiger partial charge in [-0.2, -0.15) is 10.2 Å². The quantitative estimate of drug-likeness (QED) is 0.676. The van der Waals surface area contributed by atoms with Crippen molar-refractivity contribution in [1.29, 1.82) is 0 Å². The van der Waals surface area contributed by atoms with Crippen LogP contribution in [-0.2, 0) is 11.3 Å². The van der Waals surface area contributed by atoms with Crippen molar-refractivity contribution in [2.24, 2.45) is 5.16 Å². The van der Waals surface area contributed by atoms with Crippen LogP contribution in [0.15, 0.2) is 60.0 Å². The molecule has 0 amide bonds. The lowest BCUT2D eigenvalue weighted by molar-refractivity contribution is 0.109. The van der Waals surface area contributed by atoms with E-state index >= 15 is 0 Å². The summed E-state index contributed by atoms with van der Waals surface area (Å²) in [7, 11) is 0. The zero-order chi connectivity index (χ0) is 20.2. The fraction of sp³-hybridized carbons (Fsp3) is 0.227.